The first-order valence-electron chi connectivity index (χ1n) is 3.29. The highest BCUT2D eigenvalue weighted by Crippen LogP contribution is 2.26. The average molecular weight is 180 g/mol. The van der Waals surface area contributed by atoms with Gasteiger partial charge in [-0.3, -0.25) is 0 Å². The van der Waals surface area contributed by atoms with Crippen LogP contribution in [0.2, 0.25) is 0 Å². The fourth-order valence-electron chi connectivity index (χ4n) is 0.739. The molecular formula is C6H7F3N2O. The van der Waals surface area contributed by atoms with Gasteiger partial charge in [-0.15, -0.1) is 17.9 Å². The molecule has 0 aliphatic carbocycles. The Morgan fingerprint density at radius 2 is 2.25 bits per heavy atom. The summed E-state index contributed by atoms with van der Waals surface area (Å²) < 4.78 is 40.6. The molecule has 0 aromatic carbocycles. The lowest BCUT2D eigenvalue weighted by atomic mass is 10.7. The van der Waals surface area contributed by atoms with E-state index in [1.807, 2.05) is 0 Å². The number of ether oxygens (including phenoxy) is 1. The molecule has 0 saturated heterocycles. The third-order valence-corrected chi connectivity index (χ3v) is 1.14. The van der Waals surface area contributed by atoms with Crippen LogP contribution in [0.1, 0.15) is 6.92 Å². The lowest BCUT2D eigenvalue weighted by Crippen LogP contribution is -2.19. The van der Waals surface area contributed by atoms with E-state index in [2.05, 4.69) is 9.84 Å². The molecule has 0 bridgehead atoms. The maximum Gasteiger partial charge on any atom is 0.507 e. The van der Waals surface area contributed by atoms with E-state index in [0.717, 1.165) is 12.3 Å². The Bertz CT molecular complexity index is 256. The van der Waals surface area contributed by atoms with Crippen molar-refractivity contribution < 1.29 is 17.9 Å². The van der Waals surface area contributed by atoms with Crippen molar-refractivity contribution in [1.82, 2.24) is 9.78 Å². The monoisotopic (exact) mass is 180 g/mol. The Morgan fingerprint density at radius 3 is 2.75 bits per heavy atom. The molecule has 6 heteroatoms. The van der Waals surface area contributed by atoms with Gasteiger partial charge in [0.05, 0.1) is 12.8 Å². The van der Waals surface area contributed by atoms with Crippen LogP contribution in [-0.2, 0) is 6.30 Å². The topological polar surface area (TPSA) is 27.1 Å². The number of aromatic nitrogens is 2. The zero-order chi connectivity index (χ0) is 9.19. The standard InChI is InChI=1S/C6H7F3N2O/c1-2-12-5-3-4-10-11(5)6(7,8)9/h3-4H,2H2,1H3. The van der Waals surface area contributed by atoms with E-state index in [0.29, 0.717) is 0 Å². The summed E-state index contributed by atoms with van der Waals surface area (Å²) in [5.41, 5.74) is 0. The van der Waals surface area contributed by atoms with Crippen molar-refractivity contribution >= 4 is 0 Å². The molecule has 0 radical (unpaired) electrons. The minimum atomic E-state index is -4.51. The van der Waals surface area contributed by atoms with E-state index in [1.54, 1.807) is 6.92 Å². The minimum Gasteiger partial charge on any atom is -0.478 e. The second-order valence-corrected chi connectivity index (χ2v) is 1.98. The van der Waals surface area contributed by atoms with Crippen LogP contribution in [0.25, 0.3) is 0 Å². The molecule has 0 N–H and O–H groups in total. The van der Waals surface area contributed by atoms with Gasteiger partial charge in [-0.25, -0.2) is 0 Å². The predicted molar refractivity (Wildman–Crippen MR) is 34.7 cm³/mol. The van der Waals surface area contributed by atoms with Crippen molar-refractivity contribution in [1.29, 1.82) is 0 Å². The smallest absolute Gasteiger partial charge is 0.478 e. The number of rotatable bonds is 2. The number of hydrogen-bond donors (Lipinski definition) is 0. The average Bonchev–Trinajstić information content (AvgIpc) is 2.34. The molecule has 1 aromatic rings. The normalized spacial score (nSPS) is 11.7. The van der Waals surface area contributed by atoms with Gasteiger partial charge >= 0.3 is 6.30 Å². The molecule has 1 aromatic heterocycles. The van der Waals surface area contributed by atoms with Gasteiger partial charge in [-0.1, -0.05) is 0 Å². The lowest BCUT2D eigenvalue weighted by Gasteiger charge is -2.09. The summed E-state index contributed by atoms with van der Waals surface area (Å²) in [6.45, 7) is 1.79. The van der Waals surface area contributed by atoms with Crippen LogP contribution in [0.15, 0.2) is 12.3 Å². The van der Waals surface area contributed by atoms with Crippen molar-refractivity contribution in [2.75, 3.05) is 6.61 Å². The first-order valence-corrected chi connectivity index (χ1v) is 3.29. The summed E-state index contributed by atoms with van der Waals surface area (Å²) in [6, 6.07) is 1.16. The van der Waals surface area contributed by atoms with Crippen LogP contribution < -0.4 is 4.74 Å². The molecule has 0 aliphatic rings. The highest BCUT2D eigenvalue weighted by Gasteiger charge is 2.34. The van der Waals surface area contributed by atoms with Crippen LogP contribution in [0.5, 0.6) is 5.88 Å². The fourth-order valence-corrected chi connectivity index (χ4v) is 0.739. The van der Waals surface area contributed by atoms with Gasteiger partial charge in [0.2, 0.25) is 5.88 Å². The summed E-state index contributed by atoms with van der Waals surface area (Å²) in [7, 11) is 0. The van der Waals surface area contributed by atoms with Crippen molar-refractivity contribution in [3.63, 3.8) is 0 Å². The van der Waals surface area contributed by atoms with Gasteiger partial charge < -0.3 is 4.74 Å². The first-order chi connectivity index (χ1) is 5.55. The summed E-state index contributed by atoms with van der Waals surface area (Å²) in [6.07, 6.45) is -3.47. The molecule has 3 nitrogen and oxygen atoms in total. The van der Waals surface area contributed by atoms with E-state index < -0.39 is 6.30 Å². The fraction of sp³-hybridized carbons (Fsp3) is 0.500. The molecular weight excluding hydrogens is 173 g/mol. The van der Waals surface area contributed by atoms with E-state index in [9.17, 15) is 13.2 Å². The summed E-state index contributed by atoms with van der Waals surface area (Å²) in [5, 5.41) is 3.07. The van der Waals surface area contributed by atoms with Gasteiger partial charge in [0, 0.05) is 6.07 Å². The van der Waals surface area contributed by atoms with Crippen molar-refractivity contribution in [2.24, 2.45) is 0 Å². The Kier molecular flexibility index (Phi) is 2.25. The van der Waals surface area contributed by atoms with Crippen molar-refractivity contribution in [3.8, 4) is 5.88 Å². The quantitative estimate of drug-likeness (QED) is 0.693. The van der Waals surface area contributed by atoms with Crippen LogP contribution >= 0.6 is 0 Å². The van der Waals surface area contributed by atoms with Crippen molar-refractivity contribution in [2.45, 2.75) is 13.2 Å². The Balaban J connectivity index is 2.91. The highest BCUT2D eigenvalue weighted by atomic mass is 19.4. The van der Waals surface area contributed by atoms with Crippen LogP contribution in [0.4, 0.5) is 13.2 Å². The third-order valence-electron chi connectivity index (χ3n) is 1.14. The maximum absolute atomic E-state index is 12.0. The molecule has 0 amide bonds. The SMILES string of the molecule is CCOc1ccnn1C(F)(F)F. The third kappa shape index (κ3) is 1.69. The van der Waals surface area contributed by atoms with Crippen LogP contribution in [0, 0.1) is 0 Å². The van der Waals surface area contributed by atoms with Gasteiger partial charge in [0.1, 0.15) is 0 Å². The number of nitrogens with zero attached hydrogens (tertiary/aromatic N) is 2. The maximum atomic E-state index is 12.0. The van der Waals surface area contributed by atoms with E-state index in [-0.39, 0.29) is 17.2 Å². The van der Waals surface area contributed by atoms with E-state index in [1.165, 1.54) is 0 Å². The zero-order valence-corrected chi connectivity index (χ0v) is 6.30. The van der Waals surface area contributed by atoms with Crippen LogP contribution in [0.3, 0.4) is 0 Å². The molecule has 1 heterocycles. The molecule has 0 spiro atoms. The lowest BCUT2D eigenvalue weighted by molar-refractivity contribution is -0.215. The molecule has 1 rings (SSSR count). The van der Waals surface area contributed by atoms with E-state index >= 15 is 0 Å². The Morgan fingerprint density at radius 1 is 1.58 bits per heavy atom. The summed E-state index contributed by atoms with van der Waals surface area (Å²) in [4.78, 5) is 0. The molecule has 0 saturated carbocycles. The summed E-state index contributed by atoms with van der Waals surface area (Å²) >= 11 is 0. The first kappa shape index (κ1) is 8.89. The Hall–Kier alpha value is -1.20. The van der Waals surface area contributed by atoms with Gasteiger partial charge in [-0.05, 0) is 6.92 Å². The number of halogens is 3. The number of alkyl halides is 3. The molecule has 0 unspecified atom stereocenters. The van der Waals surface area contributed by atoms with Crippen LogP contribution in [-0.4, -0.2) is 16.4 Å². The molecule has 0 fully saturated rings. The molecule has 12 heavy (non-hydrogen) atoms. The van der Waals surface area contributed by atoms with E-state index in [4.69, 9.17) is 0 Å². The zero-order valence-electron chi connectivity index (χ0n) is 6.30. The minimum absolute atomic E-state index is 0.115. The summed E-state index contributed by atoms with van der Waals surface area (Å²) in [5.74, 6) is -0.287. The largest absolute Gasteiger partial charge is 0.507 e. The number of hydrogen-bond acceptors (Lipinski definition) is 2. The molecule has 0 atom stereocenters. The predicted octanol–water partition coefficient (Wildman–Crippen LogP) is 1.76. The van der Waals surface area contributed by atoms with Gasteiger partial charge in [0.15, 0.2) is 0 Å². The molecule has 0 aliphatic heterocycles. The van der Waals surface area contributed by atoms with Gasteiger partial charge in [-0.2, -0.15) is 5.10 Å². The van der Waals surface area contributed by atoms with Gasteiger partial charge in [0.25, 0.3) is 0 Å². The second kappa shape index (κ2) is 3.04. The van der Waals surface area contributed by atoms with Crippen molar-refractivity contribution in [3.05, 3.63) is 12.3 Å². The molecule has 68 valence electrons. The Labute approximate surface area is 66.7 Å². The second-order valence-electron chi connectivity index (χ2n) is 1.98. The highest BCUT2D eigenvalue weighted by molar-refractivity contribution is 5.08.